The molecule has 1 aliphatic heterocycles. The van der Waals surface area contributed by atoms with Crippen molar-refractivity contribution in [2.75, 3.05) is 26.2 Å². The zero-order chi connectivity index (χ0) is 29.3. The van der Waals surface area contributed by atoms with E-state index in [4.69, 9.17) is 0 Å². The summed E-state index contributed by atoms with van der Waals surface area (Å²) in [5, 5.41) is 3.08. The van der Waals surface area contributed by atoms with Crippen molar-refractivity contribution >= 4 is 5.91 Å². The van der Waals surface area contributed by atoms with Gasteiger partial charge in [0.2, 0.25) is 5.91 Å². The molecule has 220 valence electrons. The Morgan fingerprint density at radius 3 is 1.85 bits per heavy atom. The molecule has 2 fully saturated rings. The van der Waals surface area contributed by atoms with Gasteiger partial charge in [-0.05, 0) is 75.8 Å². The standard InChI is InChI=1S/C30H37F6N3O/c1-20(2)38-13-15-39(16-14-38)26-9-11-28(12-10-26,23-7-5-4-6-8-23)37-27(40)21(3)22-17-24(29(31,32)33)19-25(18-22)30(34,35)36/h4-8,17-21,26H,9-16H2,1-3H3,(H,37,40). The number of nitrogens with zero attached hydrogens (tertiary/aromatic N) is 2. The first-order chi connectivity index (χ1) is 18.7. The third kappa shape index (κ3) is 6.82. The minimum atomic E-state index is -4.98. The summed E-state index contributed by atoms with van der Waals surface area (Å²) >= 11 is 0. The topological polar surface area (TPSA) is 35.6 Å². The van der Waals surface area contributed by atoms with Gasteiger partial charge < -0.3 is 5.32 Å². The van der Waals surface area contributed by atoms with Gasteiger partial charge in [0, 0.05) is 38.3 Å². The molecule has 10 heteroatoms. The maximum absolute atomic E-state index is 13.5. The lowest BCUT2D eigenvalue weighted by Crippen LogP contribution is -2.56. The minimum absolute atomic E-state index is 0.0852. The first kappa shape index (κ1) is 30.4. The van der Waals surface area contributed by atoms with Gasteiger partial charge >= 0.3 is 12.4 Å². The second-order valence-corrected chi connectivity index (χ2v) is 11.4. The number of hydrogen-bond acceptors (Lipinski definition) is 3. The summed E-state index contributed by atoms with van der Waals surface area (Å²) in [7, 11) is 0. The van der Waals surface area contributed by atoms with Crippen molar-refractivity contribution in [2.45, 2.75) is 82.3 Å². The van der Waals surface area contributed by atoms with E-state index in [0.717, 1.165) is 44.6 Å². The molecule has 4 nitrogen and oxygen atoms in total. The molecular weight excluding hydrogens is 532 g/mol. The Kier molecular flexibility index (Phi) is 8.90. The van der Waals surface area contributed by atoms with Crippen molar-refractivity contribution in [2.24, 2.45) is 0 Å². The molecule has 1 amide bonds. The average molecular weight is 570 g/mol. The van der Waals surface area contributed by atoms with Gasteiger partial charge in [0.15, 0.2) is 0 Å². The van der Waals surface area contributed by atoms with Gasteiger partial charge in [0.1, 0.15) is 0 Å². The van der Waals surface area contributed by atoms with Gasteiger partial charge in [-0.2, -0.15) is 26.3 Å². The van der Waals surface area contributed by atoms with Crippen molar-refractivity contribution < 1.29 is 31.1 Å². The van der Waals surface area contributed by atoms with Gasteiger partial charge in [0.05, 0.1) is 22.6 Å². The van der Waals surface area contributed by atoms with Crippen LogP contribution in [-0.4, -0.2) is 54.0 Å². The molecule has 2 aliphatic rings. The second kappa shape index (κ2) is 11.7. The van der Waals surface area contributed by atoms with Crippen LogP contribution in [0, 0.1) is 0 Å². The summed E-state index contributed by atoms with van der Waals surface area (Å²) in [5.41, 5.74) is -3.03. The Balaban J connectivity index is 1.54. The van der Waals surface area contributed by atoms with Gasteiger partial charge in [0.25, 0.3) is 0 Å². The number of carbonyl (C=O) groups is 1. The molecule has 0 radical (unpaired) electrons. The van der Waals surface area contributed by atoms with E-state index in [1.54, 1.807) is 0 Å². The minimum Gasteiger partial charge on any atom is -0.346 e. The number of hydrogen-bond donors (Lipinski definition) is 1. The predicted octanol–water partition coefficient (Wildman–Crippen LogP) is 6.81. The Morgan fingerprint density at radius 1 is 0.850 bits per heavy atom. The third-order valence-corrected chi connectivity index (χ3v) is 8.60. The summed E-state index contributed by atoms with van der Waals surface area (Å²) in [6.07, 6.45) is -7.05. The van der Waals surface area contributed by atoms with Crippen LogP contribution in [0.4, 0.5) is 26.3 Å². The molecule has 0 aromatic heterocycles. The molecule has 1 saturated carbocycles. The van der Waals surface area contributed by atoms with Crippen LogP contribution in [-0.2, 0) is 22.7 Å². The highest BCUT2D eigenvalue weighted by Crippen LogP contribution is 2.41. The van der Waals surface area contributed by atoms with Crippen molar-refractivity contribution in [3.05, 3.63) is 70.8 Å². The fourth-order valence-corrected chi connectivity index (χ4v) is 6.05. The first-order valence-electron chi connectivity index (χ1n) is 13.8. The Labute approximate surface area is 231 Å². The highest BCUT2D eigenvalue weighted by Gasteiger charge is 2.42. The highest BCUT2D eigenvalue weighted by atomic mass is 19.4. The number of halogens is 6. The fourth-order valence-electron chi connectivity index (χ4n) is 6.05. The SMILES string of the molecule is CC(C(=O)NC1(c2ccccc2)CCC(N2CCN(C(C)C)CC2)CC1)c1cc(C(F)(F)F)cc(C(F)(F)F)c1. The van der Waals surface area contributed by atoms with Gasteiger partial charge in [-0.15, -0.1) is 0 Å². The van der Waals surface area contributed by atoms with E-state index in [0.29, 0.717) is 37.1 Å². The lowest BCUT2D eigenvalue weighted by Gasteiger charge is -2.47. The molecule has 1 heterocycles. The van der Waals surface area contributed by atoms with Crippen LogP contribution in [0.15, 0.2) is 48.5 Å². The van der Waals surface area contributed by atoms with Crippen LogP contribution in [0.2, 0.25) is 0 Å². The molecule has 2 aromatic carbocycles. The van der Waals surface area contributed by atoms with E-state index in [-0.39, 0.29) is 11.6 Å². The summed E-state index contributed by atoms with van der Waals surface area (Å²) in [6, 6.07) is 11.7. The number of piperazine rings is 1. The summed E-state index contributed by atoms with van der Waals surface area (Å²) in [4.78, 5) is 18.5. The summed E-state index contributed by atoms with van der Waals surface area (Å²) < 4.78 is 80.6. The van der Waals surface area contributed by atoms with Gasteiger partial charge in [-0.25, -0.2) is 0 Å². The second-order valence-electron chi connectivity index (χ2n) is 11.4. The summed E-state index contributed by atoms with van der Waals surface area (Å²) in [5.74, 6) is -1.81. The third-order valence-electron chi connectivity index (χ3n) is 8.60. The number of rotatable bonds is 6. The lowest BCUT2D eigenvalue weighted by molar-refractivity contribution is -0.143. The number of nitrogens with one attached hydrogen (secondary N) is 1. The van der Waals surface area contributed by atoms with E-state index in [1.165, 1.54) is 6.92 Å². The largest absolute Gasteiger partial charge is 0.416 e. The molecular formula is C30H37F6N3O. The molecule has 1 aliphatic carbocycles. The molecule has 1 atom stereocenters. The average Bonchev–Trinajstić information content (AvgIpc) is 2.92. The van der Waals surface area contributed by atoms with E-state index >= 15 is 0 Å². The maximum Gasteiger partial charge on any atom is 0.416 e. The molecule has 4 rings (SSSR count). The van der Waals surface area contributed by atoms with Crippen molar-refractivity contribution in [3.63, 3.8) is 0 Å². The monoisotopic (exact) mass is 569 g/mol. The number of carbonyl (C=O) groups excluding carboxylic acids is 1. The smallest absolute Gasteiger partial charge is 0.346 e. The lowest BCUT2D eigenvalue weighted by atomic mass is 9.74. The van der Waals surface area contributed by atoms with Gasteiger partial charge in [-0.3, -0.25) is 14.6 Å². The first-order valence-corrected chi connectivity index (χ1v) is 13.8. The van der Waals surface area contributed by atoms with E-state index in [9.17, 15) is 31.1 Å². The normalized spacial score (nSPS) is 24.2. The number of amides is 1. The molecule has 0 spiro atoms. The molecule has 1 saturated heterocycles. The van der Waals surface area contributed by atoms with E-state index in [2.05, 4.69) is 29.0 Å². The van der Waals surface area contributed by atoms with Crippen LogP contribution >= 0.6 is 0 Å². The molecule has 1 unspecified atom stereocenters. The van der Waals surface area contributed by atoms with Crippen LogP contribution in [0.25, 0.3) is 0 Å². The zero-order valence-corrected chi connectivity index (χ0v) is 23.1. The Morgan fingerprint density at radius 2 is 1.38 bits per heavy atom. The van der Waals surface area contributed by atoms with E-state index in [1.807, 2.05) is 30.3 Å². The zero-order valence-electron chi connectivity index (χ0n) is 23.1. The van der Waals surface area contributed by atoms with Crippen molar-refractivity contribution in [1.82, 2.24) is 15.1 Å². The van der Waals surface area contributed by atoms with Crippen LogP contribution in [0.1, 0.15) is 74.6 Å². The molecule has 1 N–H and O–H groups in total. The van der Waals surface area contributed by atoms with Gasteiger partial charge in [-0.1, -0.05) is 30.3 Å². The Hall–Kier alpha value is -2.59. The number of benzene rings is 2. The fraction of sp³-hybridized carbons (Fsp3) is 0.567. The van der Waals surface area contributed by atoms with Crippen LogP contribution in [0.3, 0.4) is 0 Å². The quantitative estimate of drug-likeness (QED) is 0.389. The maximum atomic E-state index is 13.5. The summed E-state index contributed by atoms with van der Waals surface area (Å²) in [6.45, 7) is 9.69. The predicted molar refractivity (Wildman–Crippen MR) is 142 cm³/mol. The molecule has 0 bridgehead atoms. The highest BCUT2D eigenvalue weighted by molar-refractivity contribution is 5.84. The molecule has 40 heavy (non-hydrogen) atoms. The Bertz CT molecular complexity index is 1120. The molecule has 2 aromatic rings. The van der Waals surface area contributed by atoms with Crippen molar-refractivity contribution in [1.29, 1.82) is 0 Å². The van der Waals surface area contributed by atoms with Crippen molar-refractivity contribution in [3.8, 4) is 0 Å². The number of alkyl halides is 6. The van der Waals surface area contributed by atoms with Crippen LogP contribution < -0.4 is 5.32 Å². The van der Waals surface area contributed by atoms with Crippen LogP contribution in [0.5, 0.6) is 0 Å². The van der Waals surface area contributed by atoms with E-state index < -0.39 is 40.8 Å².